The largest absolute Gasteiger partial charge is 0.347 e. The Hall–Kier alpha value is -1.79. The fraction of sp³-hybridized carbons (Fsp3) is 0.200. The summed E-state index contributed by atoms with van der Waals surface area (Å²) >= 11 is 2.97. The number of nitrogens with one attached hydrogen (secondary N) is 2. The zero-order valence-electron chi connectivity index (χ0n) is 11.4. The highest BCUT2D eigenvalue weighted by atomic mass is 32.2. The quantitative estimate of drug-likeness (QED) is 0.914. The normalized spacial score (nSPS) is 17.0. The van der Waals surface area contributed by atoms with E-state index in [-0.39, 0.29) is 17.1 Å². The van der Waals surface area contributed by atoms with Gasteiger partial charge in [0.2, 0.25) is 5.91 Å². The highest BCUT2D eigenvalue weighted by molar-refractivity contribution is 8.00. The first-order valence-corrected chi connectivity index (χ1v) is 8.31. The Morgan fingerprint density at radius 2 is 2.24 bits per heavy atom. The molecular weight excluding hydrogens is 304 g/mol. The fourth-order valence-corrected chi connectivity index (χ4v) is 3.61. The highest BCUT2D eigenvalue weighted by Crippen LogP contribution is 2.35. The maximum absolute atomic E-state index is 11.9. The number of benzene rings is 1. The zero-order valence-corrected chi connectivity index (χ0v) is 13.0. The van der Waals surface area contributed by atoms with Gasteiger partial charge >= 0.3 is 0 Å². The summed E-state index contributed by atoms with van der Waals surface area (Å²) in [6, 6.07) is 9.53. The van der Waals surface area contributed by atoms with E-state index in [1.807, 2.05) is 36.6 Å². The van der Waals surface area contributed by atoms with Gasteiger partial charge in [-0.3, -0.25) is 9.59 Å². The Balaban J connectivity index is 1.69. The Morgan fingerprint density at radius 3 is 3.00 bits per heavy atom. The summed E-state index contributed by atoms with van der Waals surface area (Å²) in [7, 11) is 0. The van der Waals surface area contributed by atoms with Crippen molar-refractivity contribution in [3.8, 4) is 0 Å². The van der Waals surface area contributed by atoms with Gasteiger partial charge in [-0.2, -0.15) is 0 Å². The Morgan fingerprint density at radius 1 is 1.38 bits per heavy atom. The molecule has 0 saturated carbocycles. The molecule has 21 heavy (non-hydrogen) atoms. The summed E-state index contributed by atoms with van der Waals surface area (Å²) in [5.74, 6) is -0.0537. The van der Waals surface area contributed by atoms with Gasteiger partial charge in [-0.25, -0.2) is 0 Å². The van der Waals surface area contributed by atoms with E-state index in [4.69, 9.17) is 0 Å². The molecule has 1 aliphatic heterocycles. The number of rotatable bonds is 3. The van der Waals surface area contributed by atoms with Crippen molar-refractivity contribution >= 4 is 40.6 Å². The van der Waals surface area contributed by atoms with E-state index in [0.29, 0.717) is 11.4 Å². The van der Waals surface area contributed by atoms with Gasteiger partial charge in [-0.05, 0) is 36.1 Å². The minimum absolute atomic E-state index is 0.0206. The number of hydrogen-bond acceptors (Lipinski definition) is 4. The molecule has 2 amide bonds. The van der Waals surface area contributed by atoms with Crippen molar-refractivity contribution in [3.63, 3.8) is 0 Å². The van der Waals surface area contributed by atoms with Gasteiger partial charge in [0.05, 0.1) is 15.8 Å². The second-order valence-corrected chi connectivity index (χ2v) is 7.07. The summed E-state index contributed by atoms with van der Waals surface area (Å²) in [6.45, 7) is 2.33. The van der Waals surface area contributed by atoms with Crippen LogP contribution in [0.2, 0.25) is 0 Å². The molecule has 0 saturated heterocycles. The van der Waals surface area contributed by atoms with Crippen molar-refractivity contribution in [2.24, 2.45) is 0 Å². The molecule has 1 aromatic carbocycles. The maximum Gasteiger partial charge on any atom is 0.261 e. The van der Waals surface area contributed by atoms with E-state index >= 15 is 0 Å². The van der Waals surface area contributed by atoms with Gasteiger partial charge < -0.3 is 10.6 Å². The lowest BCUT2D eigenvalue weighted by molar-refractivity contribution is -0.115. The van der Waals surface area contributed by atoms with Crippen LogP contribution in [0.4, 0.5) is 5.69 Å². The van der Waals surface area contributed by atoms with Gasteiger partial charge in [0.15, 0.2) is 0 Å². The van der Waals surface area contributed by atoms with E-state index in [0.717, 1.165) is 16.1 Å². The van der Waals surface area contributed by atoms with Gasteiger partial charge in [-0.1, -0.05) is 12.1 Å². The minimum atomic E-state index is -0.0743. The predicted octanol–water partition coefficient (Wildman–Crippen LogP) is 3.11. The van der Waals surface area contributed by atoms with Crippen LogP contribution in [0.3, 0.4) is 0 Å². The first kappa shape index (κ1) is 14.2. The van der Waals surface area contributed by atoms with Crippen molar-refractivity contribution in [3.05, 3.63) is 46.2 Å². The number of fused-ring (bicyclic) bond motifs is 1. The SMILES string of the molecule is CC1Sc2ccc(CNC(=O)c3cccs3)cc2NC1=O. The summed E-state index contributed by atoms with van der Waals surface area (Å²) in [4.78, 5) is 25.3. The standard InChI is InChI=1S/C15H14N2O2S2/c1-9-14(18)17-11-7-10(4-5-12(11)21-9)8-16-15(19)13-3-2-6-20-13/h2-7,9H,8H2,1H3,(H,16,19)(H,17,18). The van der Waals surface area contributed by atoms with E-state index in [1.54, 1.807) is 17.8 Å². The van der Waals surface area contributed by atoms with Crippen molar-refractivity contribution < 1.29 is 9.59 Å². The topological polar surface area (TPSA) is 58.2 Å². The molecule has 1 atom stereocenters. The predicted molar refractivity (Wildman–Crippen MR) is 85.9 cm³/mol. The molecule has 2 N–H and O–H groups in total. The minimum Gasteiger partial charge on any atom is -0.347 e. The smallest absolute Gasteiger partial charge is 0.261 e. The van der Waals surface area contributed by atoms with E-state index in [9.17, 15) is 9.59 Å². The van der Waals surface area contributed by atoms with E-state index in [2.05, 4.69) is 10.6 Å². The lowest BCUT2D eigenvalue weighted by Gasteiger charge is -2.21. The van der Waals surface area contributed by atoms with Crippen LogP contribution in [0.5, 0.6) is 0 Å². The number of carbonyl (C=O) groups excluding carboxylic acids is 2. The third kappa shape index (κ3) is 3.11. The van der Waals surface area contributed by atoms with Crippen LogP contribution in [0, 0.1) is 0 Å². The van der Waals surface area contributed by atoms with Crippen LogP contribution in [0.15, 0.2) is 40.6 Å². The van der Waals surface area contributed by atoms with Gasteiger partial charge in [0, 0.05) is 11.4 Å². The molecule has 0 radical (unpaired) electrons. The summed E-state index contributed by atoms with van der Waals surface area (Å²) in [6.07, 6.45) is 0. The van der Waals surface area contributed by atoms with E-state index in [1.165, 1.54) is 11.3 Å². The maximum atomic E-state index is 11.9. The van der Waals surface area contributed by atoms with Crippen LogP contribution in [0.25, 0.3) is 0 Å². The molecule has 0 fully saturated rings. The second-order valence-electron chi connectivity index (χ2n) is 4.74. The average Bonchev–Trinajstić information content (AvgIpc) is 3.00. The number of anilines is 1. The first-order chi connectivity index (χ1) is 10.1. The Kier molecular flexibility index (Phi) is 3.98. The molecule has 108 valence electrons. The molecule has 1 unspecified atom stereocenters. The highest BCUT2D eigenvalue weighted by Gasteiger charge is 2.22. The summed E-state index contributed by atoms with van der Waals surface area (Å²) in [5.41, 5.74) is 1.79. The monoisotopic (exact) mass is 318 g/mol. The molecule has 3 rings (SSSR count). The Bertz CT molecular complexity index is 683. The molecule has 6 heteroatoms. The molecule has 0 spiro atoms. The molecule has 2 heterocycles. The van der Waals surface area contributed by atoms with Crippen molar-refractivity contribution in [1.82, 2.24) is 5.32 Å². The van der Waals surface area contributed by atoms with Gasteiger partial charge in [0.25, 0.3) is 5.91 Å². The fourth-order valence-electron chi connectivity index (χ4n) is 2.04. The molecule has 1 aliphatic rings. The lowest BCUT2D eigenvalue weighted by Crippen LogP contribution is -2.27. The second kappa shape index (κ2) is 5.91. The third-order valence-corrected chi connectivity index (χ3v) is 5.22. The van der Waals surface area contributed by atoms with Crippen LogP contribution in [-0.2, 0) is 11.3 Å². The number of amides is 2. The number of thiophene rings is 1. The molecule has 0 aliphatic carbocycles. The van der Waals surface area contributed by atoms with Crippen LogP contribution in [-0.4, -0.2) is 17.1 Å². The van der Waals surface area contributed by atoms with E-state index < -0.39 is 0 Å². The van der Waals surface area contributed by atoms with Crippen molar-refractivity contribution in [2.45, 2.75) is 23.6 Å². The number of carbonyl (C=O) groups is 2. The molecular formula is C15H14N2O2S2. The van der Waals surface area contributed by atoms with Crippen LogP contribution < -0.4 is 10.6 Å². The first-order valence-electron chi connectivity index (χ1n) is 6.55. The van der Waals surface area contributed by atoms with Gasteiger partial charge in [-0.15, -0.1) is 23.1 Å². The third-order valence-electron chi connectivity index (χ3n) is 3.17. The van der Waals surface area contributed by atoms with Crippen molar-refractivity contribution in [2.75, 3.05) is 5.32 Å². The van der Waals surface area contributed by atoms with Crippen molar-refractivity contribution in [1.29, 1.82) is 0 Å². The van der Waals surface area contributed by atoms with Crippen LogP contribution in [0.1, 0.15) is 22.2 Å². The lowest BCUT2D eigenvalue weighted by atomic mass is 10.2. The van der Waals surface area contributed by atoms with Crippen LogP contribution >= 0.6 is 23.1 Å². The number of thioether (sulfide) groups is 1. The molecule has 0 bridgehead atoms. The summed E-state index contributed by atoms with van der Waals surface area (Å²) < 4.78 is 0. The molecule has 4 nitrogen and oxygen atoms in total. The molecule has 1 aromatic heterocycles. The summed E-state index contributed by atoms with van der Waals surface area (Å²) in [5, 5.41) is 7.58. The average molecular weight is 318 g/mol. The zero-order chi connectivity index (χ0) is 14.8. The molecule has 2 aromatic rings. The number of hydrogen-bond donors (Lipinski definition) is 2. The van der Waals surface area contributed by atoms with Gasteiger partial charge in [0.1, 0.15) is 0 Å². The Labute approximate surface area is 130 Å².